The first kappa shape index (κ1) is 20.8. The van der Waals surface area contributed by atoms with Crippen LogP contribution in [0.15, 0.2) is 24.3 Å². The number of hydrogen-bond acceptors (Lipinski definition) is 4. The van der Waals surface area contributed by atoms with E-state index in [9.17, 15) is 9.59 Å². The largest absolute Gasteiger partial charge is 0.449 e. The standard InChI is InChI=1S/C22H32N2O4/c1-16-5-3-4-6-20(16)23-21(25)17(2)28-22(26)19-9-7-18(8-10-19)15-24-11-13-27-14-12-24/h7-10,16-17,20H,3-6,11-15H2,1-2H3,(H,23,25)/p+1/t16-,17+,20+/m0/s1. The number of amides is 1. The number of benzene rings is 1. The molecule has 2 N–H and O–H groups in total. The zero-order chi connectivity index (χ0) is 19.9. The summed E-state index contributed by atoms with van der Waals surface area (Å²) < 4.78 is 10.8. The molecule has 2 aliphatic rings. The Kier molecular flexibility index (Phi) is 7.45. The van der Waals surface area contributed by atoms with Gasteiger partial charge in [-0.25, -0.2) is 4.79 Å². The molecule has 0 spiro atoms. The minimum absolute atomic E-state index is 0.185. The van der Waals surface area contributed by atoms with E-state index in [4.69, 9.17) is 9.47 Å². The lowest BCUT2D eigenvalue weighted by Gasteiger charge is -2.30. The smallest absolute Gasteiger partial charge is 0.338 e. The third-order valence-corrected chi connectivity index (χ3v) is 5.94. The Morgan fingerprint density at radius 1 is 1.18 bits per heavy atom. The van der Waals surface area contributed by atoms with E-state index in [1.165, 1.54) is 16.9 Å². The van der Waals surface area contributed by atoms with Crippen LogP contribution in [0.4, 0.5) is 0 Å². The first-order chi connectivity index (χ1) is 13.5. The molecule has 0 aromatic heterocycles. The molecule has 1 aliphatic heterocycles. The lowest BCUT2D eigenvalue weighted by molar-refractivity contribution is -0.921. The van der Waals surface area contributed by atoms with Crippen molar-refractivity contribution >= 4 is 11.9 Å². The molecule has 1 saturated carbocycles. The quantitative estimate of drug-likeness (QED) is 0.721. The van der Waals surface area contributed by atoms with Crippen LogP contribution < -0.4 is 10.2 Å². The zero-order valence-electron chi connectivity index (χ0n) is 17.0. The Morgan fingerprint density at radius 3 is 2.54 bits per heavy atom. The van der Waals surface area contributed by atoms with Gasteiger partial charge in [-0.15, -0.1) is 0 Å². The molecular formula is C22H33N2O4+. The predicted octanol–water partition coefficient (Wildman–Crippen LogP) is 1.34. The molecule has 154 valence electrons. The lowest BCUT2D eigenvalue weighted by atomic mass is 9.86. The highest BCUT2D eigenvalue weighted by molar-refractivity contribution is 5.92. The second kappa shape index (κ2) is 10.0. The third-order valence-electron chi connectivity index (χ3n) is 5.94. The van der Waals surface area contributed by atoms with Gasteiger partial charge in [0.1, 0.15) is 19.6 Å². The summed E-state index contributed by atoms with van der Waals surface area (Å²) in [5, 5.41) is 3.05. The van der Waals surface area contributed by atoms with Crippen LogP contribution in [0, 0.1) is 5.92 Å². The summed E-state index contributed by atoms with van der Waals surface area (Å²) in [5.41, 5.74) is 1.66. The number of ether oxygens (including phenoxy) is 2. The third kappa shape index (κ3) is 5.79. The minimum Gasteiger partial charge on any atom is -0.449 e. The Bertz CT molecular complexity index is 655. The van der Waals surface area contributed by atoms with Gasteiger partial charge in [0.25, 0.3) is 5.91 Å². The van der Waals surface area contributed by atoms with E-state index in [0.717, 1.165) is 52.1 Å². The number of hydrogen-bond donors (Lipinski definition) is 2. The van der Waals surface area contributed by atoms with Gasteiger partial charge in [-0.05, 0) is 37.8 Å². The molecular weight excluding hydrogens is 356 g/mol. The van der Waals surface area contributed by atoms with Gasteiger partial charge in [0.2, 0.25) is 0 Å². The van der Waals surface area contributed by atoms with Crippen LogP contribution in [0.5, 0.6) is 0 Å². The van der Waals surface area contributed by atoms with E-state index in [-0.39, 0.29) is 11.9 Å². The van der Waals surface area contributed by atoms with Gasteiger partial charge in [0.05, 0.1) is 18.8 Å². The van der Waals surface area contributed by atoms with Crippen LogP contribution in [0.3, 0.4) is 0 Å². The normalized spacial score (nSPS) is 24.4. The van der Waals surface area contributed by atoms with Gasteiger partial charge in [-0.1, -0.05) is 31.9 Å². The second-order valence-corrected chi connectivity index (χ2v) is 8.16. The first-order valence-corrected chi connectivity index (χ1v) is 10.5. The highest BCUT2D eigenvalue weighted by Gasteiger charge is 2.26. The molecule has 3 rings (SSSR count). The molecule has 0 bridgehead atoms. The highest BCUT2D eigenvalue weighted by Crippen LogP contribution is 2.23. The molecule has 6 nitrogen and oxygen atoms in total. The number of carbonyl (C=O) groups excluding carboxylic acids is 2. The monoisotopic (exact) mass is 389 g/mol. The van der Waals surface area contributed by atoms with Crippen LogP contribution >= 0.6 is 0 Å². The van der Waals surface area contributed by atoms with Crippen LogP contribution in [0.25, 0.3) is 0 Å². The van der Waals surface area contributed by atoms with Crippen LogP contribution in [0.2, 0.25) is 0 Å². The van der Waals surface area contributed by atoms with Crippen molar-refractivity contribution < 1.29 is 24.0 Å². The molecule has 0 radical (unpaired) electrons. The molecule has 28 heavy (non-hydrogen) atoms. The van der Waals surface area contributed by atoms with Crippen molar-refractivity contribution in [2.24, 2.45) is 5.92 Å². The molecule has 1 aliphatic carbocycles. The molecule has 1 saturated heterocycles. The molecule has 1 aromatic carbocycles. The van der Waals surface area contributed by atoms with Crippen molar-refractivity contribution in [2.75, 3.05) is 26.3 Å². The number of quaternary nitrogens is 1. The van der Waals surface area contributed by atoms with Gasteiger partial charge in [-0.3, -0.25) is 4.79 Å². The molecule has 1 heterocycles. The van der Waals surface area contributed by atoms with Crippen molar-refractivity contribution in [3.8, 4) is 0 Å². The second-order valence-electron chi connectivity index (χ2n) is 8.16. The Balaban J connectivity index is 1.48. The van der Waals surface area contributed by atoms with Gasteiger partial charge in [-0.2, -0.15) is 0 Å². The zero-order valence-corrected chi connectivity index (χ0v) is 17.0. The SMILES string of the molecule is C[C@@H](OC(=O)c1ccc(C[NH+]2CCOCC2)cc1)C(=O)N[C@@H]1CCCC[C@@H]1C. The maximum absolute atomic E-state index is 12.4. The fourth-order valence-electron chi connectivity index (χ4n) is 4.00. The number of esters is 1. The number of morpholine rings is 1. The number of nitrogens with one attached hydrogen (secondary N) is 2. The Morgan fingerprint density at radius 2 is 1.86 bits per heavy atom. The van der Waals surface area contributed by atoms with Gasteiger partial charge < -0.3 is 19.7 Å². The number of rotatable bonds is 6. The first-order valence-electron chi connectivity index (χ1n) is 10.5. The van der Waals surface area contributed by atoms with Crippen molar-refractivity contribution in [1.82, 2.24) is 5.32 Å². The van der Waals surface area contributed by atoms with E-state index in [0.29, 0.717) is 11.5 Å². The van der Waals surface area contributed by atoms with Crippen LogP contribution in [0.1, 0.15) is 55.5 Å². The van der Waals surface area contributed by atoms with E-state index in [1.807, 2.05) is 12.1 Å². The molecule has 2 fully saturated rings. The summed E-state index contributed by atoms with van der Waals surface area (Å²) in [6.45, 7) is 8.36. The topological polar surface area (TPSA) is 69.1 Å². The number of carbonyl (C=O) groups is 2. The summed E-state index contributed by atoms with van der Waals surface area (Å²) >= 11 is 0. The van der Waals surface area contributed by atoms with Crippen molar-refractivity contribution in [2.45, 2.75) is 58.2 Å². The average Bonchev–Trinajstić information content (AvgIpc) is 2.71. The minimum atomic E-state index is -0.793. The Labute approximate surface area is 167 Å². The van der Waals surface area contributed by atoms with Gasteiger partial charge >= 0.3 is 5.97 Å². The van der Waals surface area contributed by atoms with Gasteiger partial charge in [0.15, 0.2) is 6.10 Å². The molecule has 1 amide bonds. The maximum atomic E-state index is 12.4. The van der Waals surface area contributed by atoms with Crippen LogP contribution in [-0.2, 0) is 20.8 Å². The van der Waals surface area contributed by atoms with E-state index < -0.39 is 12.1 Å². The Hall–Kier alpha value is -1.92. The summed E-state index contributed by atoms with van der Waals surface area (Å²) in [6.07, 6.45) is 3.71. The average molecular weight is 390 g/mol. The molecule has 3 atom stereocenters. The van der Waals surface area contributed by atoms with Crippen molar-refractivity contribution in [3.05, 3.63) is 35.4 Å². The maximum Gasteiger partial charge on any atom is 0.338 e. The van der Waals surface area contributed by atoms with Crippen LogP contribution in [-0.4, -0.2) is 50.3 Å². The lowest BCUT2D eigenvalue weighted by Crippen LogP contribution is -3.12. The summed E-state index contributed by atoms with van der Waals surface area (Å²) in [5.74, 6) is -0.189. The van der Waals surface area contributed by atoms with E-state index in [2.05, 4.69) is 12.2 Å². The fourth-order valence-corrected chi connectivity index (χ4v) is 4.00. The molecule has 1 aromatic rings. The summed E-state index contributed by atoms with van der Waals surface area (Å²) in [6, 6.07) is 7.68. The summed E-state index contributed by atoms with van der Waals surface area (Å²) in [4.78, 5) is 26.3. The highest BCUT2D eigenvalue weighted by atomic mass is 16.5. The fraction of sp³-hybridized carbons (Fsp3) is 0.636. The van der Waals surface area contributed by atoms with E-state index in [1.54, 1.807) is 19.1 Å². The molecule has 6 heteroatoms. The van der Waals surface area contributed by atoms with Gasteiger partial charge in [0, 0.05) is 11.6 Å². The van der Waals surface area contributed by atoms with E-state index >= 15 is 0 Å². The van der Waals surface area contributed by atoms with Crippen molar-refractivity contribution in [3.63, 3.8) is 0 Å². The molecule has 0 unspecified atom stereocenters. The summed E-state index contributed by atoms with van der Waals surface area (Å²) in [7, 11) is 0. The van der Waals surface area contributed by atoms with Crippen molar-refractivity contribution in [1.29, 1.82) is 0 Å². The predicted molar refractivity (Wildman–Crippen MR) is 106 cm³/mol.